The average molecular weight is 287 g/mol. The molecule has 1 aromatic rings. The van der Waals surface area contributed by atoms with Crippen molar-refractivity contribution in [1.29, 1.82) is 0 Å². The lowest BCUT2D eigenvalue weighted by molar-refractivity contribution is 0.277. The van der Waals surface area contributed by atoms with Crippen molar-refractivity contribution in [2.24, 2.45) is 0 Å². The predicted molar refractivity (Wildman–Crippen MR) is 80.0 cm³/mol. The lowest BCUT2D eigenvalue weighted by atomic mass is 9.90. The summed E-state index contributed by atoms with van der Waals surface area (Å²) in [5.74, 6) is 0. The molecule has 0 radical (unpaired) electrons. The number of anilines is 1. The Labute approximate surface area is 119 Å². The second kappa shape index (κ2) is 5.68. The number of nitrogens with one attached hydrogen (secondary N) is 1. The van der Waals surface area contributed by atoms with Crippen LogP contribution in [0.4, 0.5) is 5.69 Å². The third-order valence-electron chi connectivity index (χ3n) is 3.98. The SMILES string of the molecule is CCC1(CC)CN(c2ccc(Cl)cc2Cl)CCN1. The molecule has 4 heteroatoms. The maximum absolute atomic E-state index is 6.30. The van der Waals surface area contributed by atoms with E-state index in [1.165, 1.54) is 0 Å². The second-order valence-electron chi connectivity index (χ2n) is 4.93. The van der Waals surface area contributed by atoms with Gasteiger partial charge in [-0.1, -0.05) is 37.0 Å². The molecule has 0 spiro atoms. The van der Waals surface area contributed by atoms with Crippen LogP contribution in [0.3, 0.4) is 0 Å². The average Bonchev–Trinajstić information content (AvgIpc) is 2.38. The number of rotatable bonds is 3. The molecule has 0 amide bonds. The van der Waals surface area contributed by atoms with Crippen molar-refractivity contribution in [3.05, 3.63) is 28.2 Å². The number of hydrogen-bond acceptors (Lipinski definition) is 2. The van der Waals surface area contributed by atoms with Gasteiger partial charge in [-0.05, 0) is 31.0 Å². The highest BCUT2D eigenvalue weighted by Gasteiger charge is 2.32. The fourth-order valence-corrected chi connectivity index (χ4v) is 3.15. The minimum absolute atomic E-state index is 0.210. The highest BCUT2D eigenvalue weighted by atomic mass is 35.5. The van der Waals surface area contributed by atoms with Crippen LogP contribution in [0.1, 0.15) is 26.7 Å². The van der Waals surface area contributed by atoms with Gasteiger partial charge in [0.15, 0.2) is 0 Å². The van der Waals surface area contributed by atoms with Gasteiger partial charge < -0.3 is 10.2 Å². The van der Waals surface area contributed by atoms with Crippen molar-refractivity contribution < 1.29 is 0 Å². The molecule has 1 aliphatic rings. The molecule has 1 aliphatic heterocycles. The summed E-state index contributed by atoms with van der Waals surface area (Å²) in [5.41, 5.74) is 1.30. The van der Waals surface area contributed by atoms with Gasteiger partial charge in [0.25, 0.3) is 0 Å². The van der Waals surface area contributed by atoms with E-state index in [4.69, 9.17) is 23.2 Å². The van der Waals surface area contributed by atoms with E-state index in [1.54, 1.807) is 0 Å². The van der Waals surface area contributed by atoms with Gasteiger partial charge in [-0.25, -0.2) is 0 Å². The monoisotopic (exact) mass is 286 g/mol. The smallest absolute Gasteiger partial charge is 0.0654 e. The van der Waals surface area contributed by atoms with Crippen molar-refractivity contribution in [1.82, 2.24) is 5.32 Å². The highest BCUT2D eigenvalue weighted by molar-refractivity contribution is 6.36. The molecule has 0 saturated carbocycles. The Balaban J connectivity index is 2.23. The van der Waals surface area contributed by atoms with Gasteiger partial charge in [0.05, 0.1) is 10.7 Å². The van der Waals surface area contributed by atoms with Crippen LogP contribution < -0.4 is 10.2 Å². The van der Waals surface area contributed by atoms with Crippen molar-refractivity contribution in [2.45, 2.75) is 32.2 Å². The normalized spacial score (nSPS) is 19.0. The van der Waals surface area contributed by atoms with E-state index >= 15 is 0 Å². The standard InChI is InChI=1S/C14H20Cl2N2/c1-3-14(4-2)10-18(8-7-17-14)13-6-5-11(15)9-12(13)16/h5-6,9,17H,3-4,7-8,10H2,1-2H3. The molecule has 100 valence electrons. The Morgan fingerprint density at radius 3 is 2.61 bits per heavy atom. The topological polar surface area (TPSA) is 15.3 Å². The lowest BCUT2D eigenvalue weighted by Crippen LogP contribution is -2.60. The Morgan fingerprint density at radius 2 is 2.00 bits per heavy atom. The third kappa shape index (κ3) is 2.76. The van der Waals surface area contributed by atoms with Crippen LogP contribution in [0.5, 0.6) is 0 Å². The second-order valence-corrected chi connectivity index (χ2v) is 5.78. The summed E-state index contributed by atoms with van der Waals surface area (Å²) in [6, 6.07) is 5.75. The molecule has 1 fully saturated rings. The van der Waals surface area contributed by atoms with E-state index < -0.39 is 0 Å². The summed E-state index contributed by atoms with van der Waals surface area (Å²) < 4.78 is 0. The Bertz CT molecular complexity index is 416. The summed E-state index contributed by atoms with van der Waals surface area (Å²) in [6.07, 6.45) is 2.26. The zero-order valence-electron chi connectivity index (χ0n) is 11.0. The van der Waals surface area contributed by atoms with E-state index in [1.807, 2.05) is 18.2 Å². The maximum Gasteiger partial charge on any atom is 0.0654 e. The first-order valence-electron chi connectivity index (χ1n) is 6.55. The minimum Gasteiger partial charge on any atom is -0.367 e. The highest BCUT2D eigenvalue weighted by Crippen LogP contribution is 2.31. The van der Waals surface area contributed by atoms with Crippen LogP contribution >= 0.6 is 23.2 Å². The molecule has 0 bridgehead atoms. The first-order chi connectivity index (χ1) is 8.60. The number of nitrogens with zero attached hydrogens (tertiary/aromatic N) is 1. The first-order valence-corrected chi connectivity index (χ1v) is 7.31. The molecule has 2 nitrogen and oxygen atoms in total. The maximum atomic E-state index is 6.30. The number of hydrogen-bond donors (Lipinski definition) is 1. The van der Waals surface area contributed by atoms with Gasteiger partial charge in [0, 0.05) is 30.2 Å². The molecule has 0 atom stereocenters. The van der Waals surface area contributed by atoms with Crippen LogP contribution in [0.2, 0.25) is 10.0 Å². The molecule has 1 N–H and O–H groups in total. The van der Waals surface area contributed by atoms with E-state index in [-0.39, 0.29) is 5.54 Å². The Morgan fingerprint density at radius 1 is 1.28 bits per heavy atom. The van der Waals surface area contributed by atoms with Crippen molar-refractivity contribution in [3.63, 3.8) is 0 Å². The Hall–Kier alpha value is -0.440. The molecule has 1 heterocycles. The summed E-state index contributed by atoms with van der Waals surface area (Å²) in [5, 5.41) is 5.08. The van der Waals surface area contributed by atoms with E-state index in [9.17, 15) is 0 Å². The number of piperazine rings is 1. The first kappa shape index (κ1) is 14.0. The molecule has 2 rings (SSSR count). The van der Waals surface area contributed by atoms with Gasteiger partial charge in [-0.2, -0.15) is 0 Å². The van der Waals surface area contributed by atoms with Crippen molar-refractivity contribution in [3.8, 4) is 0 Å². The number of halogens is 2. The summed E-state index contributed by atoms with van der Waals surface area (Å²) in [7, 11) is 0. The van der Waals surface area contributed by atoms with Crippen molar-refractivity contribution >= 4 is 28.9 Å². The van der Waals surface area contributed by atoms with Crippen LogP contribution in [0.25, 0.3) is 0 Å². The summed E-state index contributed by atoms with van der Waals surface area (Å²) in [6.45, 7) is 7.47. The molecule has 0 aliphatic carbocycles. The molecule has 0 unspecified atom stereocenters. The quantitative estimate of drug-likeness (QED) is 0.905. The van der Waals surface area contributed by atoms with Crippen LogP contribution in [-0.4, -0.2) is 25.2 Å². The van der Waals surface area contributed by atoms with E-state index in [0.29, 0.717) is 5.02 Å². The van der Waals surface area contributed by atoms with E-state index in [0.717, 1.165) is 43.2 Å². The molecular formula is C14H20Cl2N2. The fraction of sp³-hybridized carbons (Fsp3) is 0.571. The van der Waals surface area contributed by atoms with Crippen LogP contribution in [-0.2, 0) is 0 Å². The molecule has 1 aromatic carbocycles. The van der Waals surface area contributed by atoms with Gasteiger partial charge in [-0.15, -0.1) is 0 Å². The lowest BCUT2D eigenvalue weighted by Gasteiger charge is -2.44. The third-order valence-corrected chi connectivity index (χ3v) is 4.52. The minimum atomic E-state index is 0.210. The van der Waals surface area contributed by atoms with Gasteiger partial charge in [0.1, 0.15) is 0 Å². The van der Waals surface area contributed by atoms with Crippen molar-refractivity contribution in [2.75, 3.05) is 24.5 Å². The summed E-state index contributed by atoms with van der Waals surface area (Å²) >= 11 is 12.2. The molecule has 0 aromatic heterocycles. The van der Waals surface area contributed by atoms with E-state index in [2.05, 4.69) is 24.1 Å². The zero-order chi connectivity index (χ0) is 13.2. The largest absolute Gasteiger partial charge is 0.367 e. The number of benzene rings is 1. The van der Waals surface area contributed by atoms with Crippen LogP contribution in [0, 0.1) is 0 Å². The molecule has 1 saturated heterocycles. The van der Waals surface area contributed by atoms with Gasteiger partial charge >= 0.3 is 0 Å². The molecular weight excluding hydrogens is 267 g/mol. The fourth-order valence-electron chi connectivity index (χ4n) is 2.62. The Kier molecular flexibility index (Phi) is 4.41. The predicted octanol–water partition coefficient (Wildman–Crippen LogP) is 3.96. The van der Waals surface area contributed by atoms with Crippen LogP contribution in [0.15, 0.2) is 18.2 Å². The molecule has 18 heavy (non-hydrogen) atoms. The zero-order valence-corrected chi connectivity index (χ0v) is 12.5. The van der Waals surface area contributed by atoms with Gasteiger partial charge in [0.2, 0.25) is 0 Å². The summed E-state index contributed by atoms with van der Waals surface area (Å²) in [4.78, 5) is 2.36. The van der Waals surface area contributed by atoms with Gasteiger partial charge in [-0.3, -0.25) is 0 Å².